The maximum absolute atomic E-state index is 13.5. The molecule has 4 N–H and O–H groups in total. The lowest BCUT2D eigenvalue weighted by Gasteiger charge is -2.38. The number of hydrogen-bond donors (Lipinski definition) is 4. The third kappa shape index (κ3) is 14.0. The average molecular weight is 726 g/mol. The smallest absolute Gasteiger partial charge is 0.328 e. The summed E-state index contributed by atoms with van der Waals surface area (Å²) in [5, 5.41) is 31.2. The van der Waals surface area contributed by atoms with Crippen LogP contribution in [0, 0.1) is 5.92 Å². The summed E-state index contributed by atoms with van der Waals surface area (Å²) in [7, 11) is 1.70. The molecule has 1 fully saturated rings. The molecule has 1 aromatic carbocycles. The number of hydrogen-bond acceptors (Lipinski definition) is 11. The van der Waals surface area contributed by atoms with Gasteiger partial charge in [0.2, 0.25) is 5.91 Å². The van der Waals surface area contributed by atoms with Crippen LogP contribution in [0.15, 0.2) is 67.0 Å². The maximum atomic E-state index is 13.5. The van der Waals surface area contributed by atoms with Crippen LogP contribution in [0.4, 0.5) is 11.4 Å². The fraction of sp³-hybridized carbons (Fsp3) is 0.417. The molecule has 2 aliphatic rings. The zero-order valence-electron chi connectivity index (χ0n) is 29.6. The van der Waals surface area contributed by atoms with Crippen LogP contribution >= 0.6 is 0 Å². The first-order valence-corrected chi connectivity index (χ1v) is 16.7. The molecule has 1 amide bonds. The fourth-order valence-electron chi connectivity index (χ4n) is 5.60. The number of methoxy groups -OCH3 is 1. The van der Waals surface area contributed by atoms with Crippen molar-refractivity contribution in [2.45, 2.75) is 26.7 Å². The van der Waals surface area contributed by atoms with Gasteiger partial charge < -0.3 is 39.9 Å². The number of pyridine rings is 1. The van der Waals surface area contributed by atoms with Crippen molar-refractivity contribution in [3.05, 3.63) is 72.6 Å². The van der Waals surface area contributed by atoms with Gasteiger partial charge in [0.1, 0.15) is 11.7 Å². The van der Waals surface area contributed by atoms with Gasteiger partial charge in [-0.2, -0.15) is 0 Å². The van der Waals surface area contributed by atoms with E-state index in [2.05, 4.69) is 39.6 Å². The maximum Gasteiger partial charge on any atom is 0.328 e. The van der Waals surface area contributed by atoms with Crippen LogP contribution < -0.4 is 14.5 Å². The quantitative estimate of drug-likeness (QED) is 0.153. The average Bonchev–Trinajstić information content (AvgIpc) is 3.13. The van der Waals surface area contributed by atoms with E-state index in [-0.39, 0.29) is 11.7 Å². The van der Waals surface area contributed by atoms with Gasteiger partial charge in [0.25, 0.3) is 0 Å². The minimum Gasteiger partial charge on any atom is -0.495 e. The first-order valence-electron chi connectivity index (χ1n) is 16.7. The number of amides is 1. The molecule has 0 aliphatic carbocycles. The van der Waals surface area contributed by atoms with Gasteiger partial charge in [-0.1, -0.05) is 26.0 Å². The molecule has 3 heterocycles. The van der Waals surface area contributed by atoms with Crippen molar-refractivity contribution in [2.75, 3.05) is 75.8 Å². The van der Waals surface area contributed by atoms with Crippen LogP contribution in [-0.2, 0) is 24.0 Å². The Morgan fingerprint density at radius 1 is 0.827 bits per heavy atom. The number of para-hydroxylation sites is 2. The molecule has 0 spiro atoms. The van der Waals surface area contributed by atoms with Gasteiger partial charge in [0, 0.05) is 69.4 Å². The minimum atomic E-state index is -1.26. The minimum absolute atomic E-state index is 0.0640. The Bertz CT molecular complexity index is 1520. The van der Waals surface area contributed by atoms with E-state index >= 15 is 0 Å². The van der Waals surface area contributed by atoms with Crippen molar-refractivity contribution in [1.29, 1.82) is 0 Å². The zero-order chi connectivity index (χ0) is 38.6. The summed E-state index contributed by atoms with van der Waals surface area (Å²) in [5.74, 6) is -4.93. The van der Waals surface area contributed by atoms with Gasteiger partial charge in [-0.3, -0.25) is 19.5 Å². The second-order valence-electron chi connectivity index (χ2n) is 11.5. The highest BCUT2D eigenvalue weighted by Gasteiger charge is 2.39. The molecule has 4 rings (SSSR count). The highest BCUT2D eigenvalue weighted by atomic mass is 16.5. The first-order chi connectivity index (χ1) is 24.8. The molecule has 0 radical (unpaired) electrons. The number of Topliss-reactive ketones (excluding diaryl/α,β-unsaturated/α-hetero) is 1. The van der Waals surface area contributed by atoms with Crippen molar-refractivity contribution < 1.29 is 53.9 Å². The molecule has 1 atom stereocenters. The van der Waals surface area contributed by atoms with E-state index in [1.807, 2.05) is 23.1 Å². The molecule has 2 aromatic rings. The van der Waals surface area contributed by atoms with Crippen LogP contribution in [-0.4, -0.2) is 137 Å². The number of carbonyl (C=O) groups is 6. The van der Waals surface area contributed by atoms with Crippen molar-refractivity contribution in [3.63, 3.8) is 0 Å². The van der Waals surface area contributed by atoms with E-state index in [4.69, 9.17) is 25.2 Å². The van der Waals surface area contributed by atoms with Gasteiger partial charge in [0.15, 0.2) is 5.78 Å². The Morgan fingerprint density at radius 2 is 1.38 bits per heavy atom. The van der Waals surface area contributed by atoms with E-state index in [9.17, 15) is 28.8 Å². The summed E-state index contributed by atoms with van der Waals surface area (Å²) in [5.41, 5.74) is 2.40. The number of nitrogens with zero attached hydrogens (tertiary/aromatic N) is 5. The van der Waals surface area contributed by atoms with Crippen molar-refractivity contribution in [2.24, 2.45) is 5.92 Å². The zero-order valence-corrected chi connectivity index (χ0v) is 29.6. The predicted molar refractivity (Wildman–Crippen MR) is 192 cm³/mol. The molecule has 0 saturated carbocycles. The molecule has 16 heteroatoms. The summed E-state index contributed by atoms with van der Waals surface area (Å²) in [6.45, 7) is 12.1. The van der Waals surface area contributed by atoms with Crippen molar-refractivity contribution in [3.8, 4) is 5.75 Å². The number of piperazine rings is 1. The summed E-state index contributed by atoms with van der Waals surface area (Å²) < 4.78 is 5.53. The van der Waals surface area contributed by atoms with Crippen LogP contribution in [0.25, 0.3) is 0 Å². The summed E-state index contributed by atoms with van der Waals surface area (Å²) in [6, 6.07) is 9.90. The molecule has 1 unspecified atom stereocenters. The number of ketones is 1. The van der Waals surface area contributed by atoms with Crippen LogP contribution in [0.3, 0.4) is 0 Å². The number of fused-ring (bicyclic) bond motifs is 1. The third-order valence-electron chi connectivity index (χ3n) is 8.25. The Hall–Kier alpha value is -5.61. The fourth-order valence-corrected chi connectivity index (χ4v) is 5.60. The normalized spacial score (nSPS) is 15.8. The number of aliphatic carboxylic acids is 4. The lowest BCUT2D eigenvalue weighted by Crippen LogP contribution is -2.49. The number of aromatic nitrogens is 1. The SMILES string of the molecule is CCN(CC)CCCN1C(=O)C(CCN2CCN(c3ccccc3OC)CC2)C(=O)c2cnccc21.O=C(O)/C=C/C(=O)O.O=C(O)/C=C/C(=O)O. The standard InChI is InChI=1S/C28H39N5O3.2C4H4O4/c1-4-30(5-2)14-8-15-33-24-11-13-29-21-23(24)27(34)22(28(33)35)12-16-31-17-19-32(20-18-31)25-9-6-7-10-26(25)36-3;2*5-3(6)1-2-4(7)8/h6-7,9-11,13,21-22H,4-5,8,12,14-20H2,1-3H3;2*1-2H,(H,5,6)(H,7,8)/b;2*2-1+. The Morgan fingerprint density at radius 3 is 1.90 bits per heavy atom. The number of benzene rings is 1. The summed E-state index contributed by atoms with van der Waals surface area (Å²) in [4.78, 5) is 78.1. The van der Waals surface area contributed by atoms with E-state index in [0.29, 0.717) is 48.5 Å². The second kappa shape index (κ2) is 22.3. The summed E-state index contributed by atoms with van der Waals surface area (Å²) in [6.07, 6.45) is 6.93. The van der Waals surface area contributed by atoms with Crippen molar-refractivity contribution in [1.82, 2.24) is 14.8 Å². The number of anilines is 2. The van der Waals surface area contributed by atoms with Gasteiger partial charge >= 0.3 is 23.9 Å². The van der Waals surface area contributed by atoms with Gasteiger partial charge in [-0.15, -0.1) is 0 Å². The topological polar surface area (TPSA) is 218 Å². The Labute approximate surface area is 302 Å². The van der Waals surface area contributed by atoms with Crippen LogP contribution in [0.1, 0.15) is 37.0 Å². The molecule has 1 saturated heterocycles. The van der Waals surface area contributed by atoms with Crippen LogP contribution in [0.5, 0.6) is 5.75 Å². The van der Waals surface area contributed by atoms with Gasteiger partial charge in [-0.25, -0.2) is 19.2 Å². The largest absolute Gasteiger partial charge is 0.495 e. The lowest BCUT2D eigenvalue weighted by atomic mass is 9.88. The predicted octanol–water partition coefficient (Wildman–Crippen LogP) is 2.60. The number of ether oxygens (including phenoxy) is 1. The van der Waals surface area contributed by atoms with E-state index in [1.54, 1.807) is 25.6 Å². The van der Waals surface area contributed by atoms with E-state index in [1.165, 1.54) is 0 Å². The van der Waals surface area contributed by atoms with Gasteiger partial charge in [0.05, 0.1) is 24.0 Å². The number of rotatable bonds is 15. The number of carboxylic acids is 4. The molecule has 282 valence electrons. The Kier molecular flexibility index (Phi) is 18.2. The molecular weight excluding hydrogens is 678 g/mol. The lowest BCUT2D eigenvalue weighted by molar-refractivity contribution is -0.134. The molecular formula is C36H47N5O11. The molecule has 0 bridgehead atoms. The summed E-state index contributed by atoms with van der Waals surface area (Å²) >= 11 is 0. The molecule has 2 aliphatic heterocycles. The van der Waals surface area contributed by atoms with E-state index in [0.717, 1.165) is 70.2 Å². The molecule has 16 nitrogen and oxygen atoms in total. The number of carbonyl (C=O) groups excluding carboxylic acids is 2. The highest BCUT2D eigenvalue weighted by molar-refractivity contribution is 6.21. The van der Waals surface area contributed by atoms with Crippen molar-refractivity contribution >= 4 is 46.9 Å². The first kappa shape index (κ1) is 42.6. The second-order valence-corrected chi connectivity index (χ2v) is 11.5. The highest BCUT2D eigenvalue weighted by Crippen LogP contribution is 2.32. The van der Waals surface area contributed by atoms with Crippen LogP contribution in [0.2, 0.25) is 0 Å². The molecule has 1 aromatic heterocycles. The Balaban J connectivity index is 0.000000487. The molecule has 52 heavy (non-hydrogen) atoms. The third-order valence-corrected chi connectivity index (χ3v) is 8.25. The number of carboxylic acid groups (broad SMARTS) is 4. The monoisotopic (exact) mass is 725 g/mol. The van der Waals surface area contributed by atoms with E-state index < -0.39 is 29.8 Å². The van der Waals surface area contributed by atoms with Gasteiger partial charge in [-0.05, 0) is 57.2 Å².